The molecule has 1 heterocycles. The molecule has 3 N–H and O–H groups in total. The van der Waals surface area contributed by atoms with Crippen LogP contribution in [0.3, 0.4) is 0 Å². The van der Waals surface area contributed by atoms with Gasteiger partial charge in [0.1, 0.15) is 0 Å². The van der Waals surface area contributed by atoms with Gasteiger partial charge >= 0.3 is 0 Å². The van der Waals surface area contributed by atoms with Gasteiger partial charge in [-0.3, -0.25) is 4.79 Å². The number of aryl methyl sites for hydroxylation is 1. The second-order valence-electron chi connectivity index (χ2n) is 5.26. The molecule has 0 aromatic heterocycles. The molecule has 0 saturated carbocycles. The lowest BCUT2D eigenvalue weighted by atomic mass is 10.1. The third-order valence-electron chi connectivity index (χ3n) is 3.56. The summed E-state index contributed by atoms with van der Waals surface area (Å²) in [6.07, 6.45) is 3.18. The van der Waals surface area contributed by atoms with Crippen molar-refractivity contribution in [2.45, 2.75) is 31.8 Å². The maximum Gasteiger partial charge on any atom is 0.220 e. The van der Waals surface area contributed by atoms with Crippen molar-refractivity contribution in [2.24, 2.45) is 0 Å². The Bertz CT molecular complexity index is 451. The highest BCUT2D eigenvalue weighted by atomic mass is 35.5. The normalized spacial score (nSPS) is 17.0. The zero-order valence-corrected chi connectivity index (χ0v) is 13.6. The number of carbonyl (C=O) groups excluding carboxylic acids is 1. The van der Waals surface area contributed by atoms with Crippen LogP contribution in [-0.2, 0) is 20.7 Å². The molecular formula is C16H25ClN2O3. The van der Waals surface area contributed by atoms with Crippen LogP contribution in [0.1, 0.15) is 24.8 Å². The van der Waals surface area contributed by atoms with E-state index >= 15 is 0 Å². The Hall–Kier alpha value is -1.30. The summed E-state index contributed by atoms with van der Waals surface area (Å²) in [7, 11) is 0. The van der Waals surface area contributed by atoms with Crippen LogP contribution in [0.25, 0.3) is 0 Å². The Morgan fingerprint density at radius 1 is 1.41 bits per heavy atom. The number of anilines is 1. The smallest absolute Gasteiger partial charge is 0.220 e. The summed E-state index contributed by atoms with van der Waals surface area (Å²) in [5.41, 5.74) is 7.62. The van der Waals surface area contributed by atoms with Gasteiger partial charge in [0.05, 0.1) is 12.7 Å². The molecule has 124 valence electrons. The van der Waals surface area contributed by atoms with Crippen LogP contribution >= 0.6 is 12.4 Å². The van der Waals surface area contributed by atoms with Gasteiger partial charge in [-0.1, -0.05) is 18.2 Å². The Morgan fingerprint density at radius 2 is 2.23 bits per heavy atom. The molecule has 0 bridgehead atoms. The predicted octanol–water partition coefficient (Wildman–Crippen LogP) is 1.94. The van der Waals surface area contributed by atoms with E-state index in [-0.39, 0.29) is 24.4 Å². The van der Waals surface area contributed by atoms with E-state index in [2.05, 4.69) is 5.32 Å². The quantitative estimate of drug-likeness (QED) is 0.565. The van der Waals surface area contributed by atoms with E-state index in [1.54, 1.807) is 0 Å². The van der Waals surface area contributed by atoms with Gasteiger partial charge in [-0.15, -0.1) is 12.4 Å². The molecule has 1 amide bonds. The zero-order chi connectivity index (χ0) is 14.9. The van der Waals surface area contributed by atoms with E-state index < -0.39 is 0 Å². The molecule has 2 rings (SSSR count). The molecule has 0 radical (unpaired) electrons. The van der Waals surface area contributed by atoms with Crippen molar-refractivity contribution in [3.05, 3.63) is 29.8 Å². The van der Waals surface area contributed by atoms with Crippen molar-refractivity contribution in [1.82, 2.24) is 5.32 Å². The van der Waals surface area contributed by atoms with Gasteiger partial charge in [-0.05, 0) is 30.9 Å². The topological polar surface area (TPSA) is 73.6 Å². The number of nitrogen functional groups attached to an aromatic ring is 1. The zero-order valence-electron chi connectivity index (χ0n) is 12.8. The maximum absolute atomic E-state index is 11.7. The average molecular weight is 329 g/mol. The fourth-order valence-corrected chi connectivity index (χ4v) is 2.29. The summed E-state index contributed by atoms with van der Waals surface area (Å²) >= 11 is 0. The monoisotopic (exact) mass is 328 g/mol. The third-order valence-corrected chi connectivity index (χ3v) is 3.56. The summed E-state index contributed by atoms with van der Waals surface area (Å²) in [5, 5.41) is 2.91. The molecular weight excluding hydrogens is 304 g/mol. The van der Waals surface area contributed by atoms with Crippen LogP contribution in [0.5, 0.6) is 0 Å². The predicted molar refractivity (Wildman–Crippen MR) is 89.2 cm³/mol. The number of para-hydroxylation sites is 1. The Kier molecular flexibility index (Phi) is 8.89. The van der Waals surface area contributed by atoms with Crippen molar-refractivity contribution in [3.8, 4) is 0 Å². The first-order valence-corrected chi connectivity index (χ1v) is 7.55. The molecule has 1 aromatic carbocycles. The Morgan fingerprint density at radius 3 is 2.95 bits per heavy atom. The minimum atomic E-state index is 0. The van der Waals surface area contributed by atoms with Crippen LogP contribution < -0.4 is 11.1 Å². The van der Waals surface area contributed by atoms with E-state index in [4.69, 9.17) is 15.2 Å². The highest BCUT2D eigenvalue weighted by Crippen LogP contribution is 2.12. The number of hydrogen-bond donors (Lipinski definition) is 2. The number of ether oxygens (including phenoxy) is 2. The van der Waals surface area contributed by atoms with E-state index in [9.17, 15) is 4.79 Å². The molecule has 0 aliphatic carbocycles. The van der Waals surface area contributed by atoms with Crippen molar-refractivity contribution >= 4 is 24.0 Å². The fraction of sp³-hybridized carbons (Fsp3) is 0.562. The Balaban J connectivity index is 0.00000242. The van der Waals surface area contributed by atoms with Gasteiger partial charge in [-0.25, -0.2) is 0 Å². The minimum absolute atomic E-state index is 0. The van der Waals surface area contributed by atoms with Gasteiger partial charge < -0.3 is 20.5 Å². The first-order valence-electron chi connectivity index (χ1n) is 7.55. The molecule has 6 heteroatoms. The summed E-state index contributed by atoms with van der Waals surface area (Å²) in [6, 6.07) is 7.65. The largest absolute Gasteiger partial charge is 0.399 e. The van der Waals surface area contributed by atoms with Crippen molar-refractivity contribution in [1.29, 1.82) is 0 Å². The SMILES string of the molecule is Cl.Nc1ccccc1CCC(=O)NCCCOC1CCOC1. The van der Waals surface area contributed by atoms with Gasteiger partial charge in [-0.2, -0.15) is 0 Å². The molecule has 22 heavy (non-hydrogen) atoms. The lowest BCUT2D eigenvalue weighted by molar-refractivity contribution is -0.121. The van der Waals surface area contributed by atoms with Gasteiger partial charge in [0.2, 0.25) is 5.91 Å². The van der Waals surface area contributed by atoms with Crippen molar-refractivity contribution in [2.75, 3.05) is 32.1 Å². The van der Waals surface area contributed by atoms with Gasteiger partial charge in [0.25, 0.3) is 0 Å². The number of benzene rings is 1. The van der Waals surface area contributed by atoms with Crippen molar-refractivity contribution in [3.63, 3.8) is 0 Å². The molecule has 1 unspecified atom stereocenters. The summed E-state index contributed by atoms with van der Waals surface area (Å²) in [5.74, 6) is 0.0578. The first-order chi connectivity index (χ1) is 10.3. The highest BCUT2D eigenvalue weighted by molar-refractivity contribution is 5.85. The number of rotatable bonds is 8. The van der Waals surface area contributed by atoms with Gasteiger partial charge in [0, 0.05) is 31.9 Å². The molecule has 1 saturated heterocycles. The summed E-state index contributed by atoms with van der Waals surface area (Å²) < 4.78 is 10.9. The third kappa shape index (κ3) is 6.64. The van der Waals surface area contributed by atoms with Crippen LogP contribution in [-0.4, -0.2) is 38.4 Å². The lowest BCUT2D eigenvalue weighted by Gasteiger charge is -2.10. The Labute approximate surface area is 138 Å². The van der Waals surface area contributed by atoms with Crippen LogP contribution in [0.15, 0.2) is 24.3 Å². The average Bonchev–Trinajstić information content (AvgIpc) is 2.99. The standard InChI is InChI=1S/C16H24N2O3.ClH/c17-15-5-2-1-4-13(15)6-7-16(19)18-9-3-10-21-14-8-11-20-12-14;/h1-2,4-5,14H,3,6-12,17H2,(H,18,19);1H. The van der Waals surface area contributed by atoms with Gasteiger partial charge in [0.15, 0.2) is 0 Å². The number of amides is 1. The second kappa shape index (κ2) is 10.4. The maximum atomic E-state index is 11.7. The lowest BCUT2D eigenvalue weighted by Crippen LogP contribution is -2.26. The summed E-state index contributed by atoms with van der Waals surface area (Å²) in [6.45, 7) is 2.81. The van der Waals surface area contributed by atoms with E-state index in [1.807, 2.05) is 24.3 Å². The molecule has 1 aliphatic heterocycles. The molecule has 1 aliphatic rings. The number of halogens is 1. The number of nitrogens with one attached hydrogen (secondary N) is 1. The molecule has 1 atom stereocenters. The van der Waals surface area contributed by atoms with Crippen LogP contribution in [0, 0.1) is 0 Å². The number of carbonyl (C=O) groups is 1. The number of hydrogen-bond acceptors (Lipinski definition) is 4. The molecule has 5 nitrogen and oxygen atoms in total. The first kappa shape index (κ1) is 18.7. The number of nitrogens with two attached hydrogens (primary N) is 1. The second-order valence-corrected chi connectivity index (χ2v) is 5.26. The minimum Gasteiger partial charge on any atom is -0.399 e. The molecule has 1 fully saturated rings. The van der Waals surface area contributed by atoms with Crippen LogP contribution in [0.2, 0.25) is 0 Å². The van der Waals surface area contributed by atoms with E-state index in [0.29, 0.717) is 32.6 Å². The highest BCUT2D eigenvalue weighted by Gasteiger charge is 2.15. The van der Waals surface area contributed by atoms with Crippen LogP contribution in [0.4, 0.5) is 5.69 Å². The molecule has 1 aromatic rings. The van der Waals surface area contributed by atoms with E-state index in [1.165, 1.54) is 0 Å². The van der Waals surface area contributed by atoms with Crippen molar-refractivity contribution < 1.29 is 14.3 Å². The van der Waals surface area contributed by atoms with E-state index in [0.717, 1.165) is 30.7 Å². The molecule has 0 spiro atoms. The fourth-order valence-electron chi connectivity index (χ4n) is 2.29. The summed E-state index contributed by atoms with van der Waals surface area (Å²) in [4.78, 5) is 11.7.